The Hall–Kier alpha value is -0.190. The van der Waals surface area contributed by atoms with Gasteiger partial charge < -0.3 is 0 Å². The lowest BCUT2D eigenvalue weighted by Crippen LogP contribution is -1.78. The van der Waals surface area contributed by atoms with Gasteiger partial charge in [-0.3, -0.25) is 4.79 Å². The highest BCUT2D eigenvalue weighted by Gasteiger charge is 2.06. The minimum Gasteiger partial charge on any atom is -0.298 e. The van der Waals surface area contributed by atoms with Gasteiger partial charge in [-0.2, -0.15) is 0 Å². The fourth-order valence-corrected chi connectivity index (χ4v) is 3.46. The highest BCUT2D eigenvalue weighted by molar-refractivity contribution is 9.10. The Morgan fingerprint density at radius 3 is 2.79 bits per heavy atom. The van der Waals surface area contributed by atoms with Crippen LogP contribution >= 0.6 is 43.2 Å². The molecule has 1 heterocycles. The Morgan fingerprint density at radius 1 is 1.36 bits per heavy atom. The summed E-state index contributed by atoms with van der Waals surface area (Å²) in [7, 11) is 0. The molecule has 0 aliphatic carbocycles. The first-order valence-corrected chi connectivity index (χ1v) is 6.71. The maximum atomic E-state index is 10.7. The second kappa shape index (κ2) is 4.13. The van der Waals surface area contributed by atoms with E-state index in [2.05, 4.69) is 37.9 Å². The maximum absolute atomic E-state index is 10.7. The third-order valence-corrected chi connectivity index (χ3v) is 4.96. The molecule has 2 rings (SSSR count). The topological polar surface area (TPSA) is 17.1 Å². The first-order chi connectivity index (χ1) is 6.74. The number of hydrogen-bond acceptors (Lipinski definition) is 2. The molecule has 0 spiro atoms. The van der Waals surface area contributed by atoms with Crippen molar-refractivity contribution in [2.45, 2.75) is 5.33 Å². The highest BCUT2D eigenvalue weighted by atomic mass is 79.9. The molecule has 0 atom stereocenters. The fourth-order valence-electron chi connectivity index (χ4n) is 1.32. The molecule has 2 aromatic rings. The number of halogens is 2. The quantitative estimate of drug-likeness (QED) is 0.589. The molecule has 0 fully saturated rings. The van der Waals surface area contributed by atoms with Gasteiger partial charge >= 0.3 is 0 Å². The summed E-state index contributed by atoms with van der Waals surface area (Å²) in [6, 6.07) is 5.87. The summed E-state index contributed by atoms with van der Waals surface area (Å²) in [5.74, 6) is 0. The van der Waals surface area contributed by atoms with Gasteiger partial charge in [0.05, 0.1) is 0 Å². The van der Waals surface area contributed by atoms with Gasteiger partial charge in [-0.25, -0.2) is 0 Å². The SMILES string of the molecule is O=Cc1cc(Br)c2sc(CBr)cc2c1. The van der Waals surface area contributed by atoms with Gasteiger partial charge in [-0.05, 0) is 39.5 Å². The molecule has 0 saturated heterocycles. The van der Waals surface area contributed by atoms with Gasteiger partial charge in [0.2, 0.25) is 0 Å². The zero-order valence-electron chi connectivity index (χ0n) is 7.09. The molecule has 72 valence electrons. The van der Waals surface area contributed by atoms with E-state index in [1.165, 1.54) is 9.58 Å². The Balaban J connectivity index is 2.73. The lowest BCUT2D eigenvalue weighted by Gasteiger charge is -1.94. The highest BCUT2D eigenvalue weighted by Crippen LogP contribution is 2.33. The lowest BCUT2D eigenvalue weighted by molar-refractivity contribution is 0.112. The van der Waals surface area contributed by atoms with Crippen molar-refractivity contribution in [2.24, 2.45) is 0 Å². The maximum Gasteiger partial charge on any atom is 0.150 e. The van der Waals surface area contributed by atoms with Crippen LogP contribution < -0.4 is 0 Å². The van der Waals surface area contributed by atoms with Crippen molar-refractivity contribution in [2.75, 3.05) is 0 Å². The first kappa shape index (κ1) is 10.3. The molecule has 14 heavy (non-hydrogen) atoms. The molecule has 1 aromatic carbocycles. The normalized spacial score (nSPS) is 10.7. The standard InChI is InChI=1S/C10H6Br2OS/c11-4-8-3-7-1-6(5-13)2-9(12)10(7)14-8/h1-3,5H,4H2. The molecular formula is C10H6Br2OS. The number of carbonyl (C=O) groups excluding carboxylic acids is 1. The third kappa shape index (κ3) is 1.78. The van der Waals surface area contributed by atoms with Crippen LogP contribution in [0.4, 0.5) is 0 Å². The van der Waals surface area contributed by atoms with Crippen LogP contribution in [-0.4, -0.2) is 6.29 Å². The Kier molecular flexibility index (Phi) is 3.04. The van der Waals surface area contributed by atoms with Crippen molar-refractivity contribution >= 4 is 59.6 Å². The van der Waals surface area contributed by atoms with Gasteiger partial charge in [-0.15, -0.1) is 11.3 Å². The summed E-state index contributed by atoms with van der Waals surface area (Å²) in [6.07, 6.45) is 0.871. The average Bonchev–Trinajstić information content (AvgIpc) is 2.61. The lowest BCUT2D eigenvalue weighted by atomic mass is 10.2. The molecule has 1 nitrogen and oxygen atoms in total. The molecule has 0 unspecified atom stereocenters. The van der Waals surface area contributed by atoms with Gasteiger partial charge in [0, 0.05) is 24.9 Å². The molecule has 1 aromatic heterocycles. The van der Waals surface area contributed by atoms with E-state index < -0.39 is 0 Å². The van der Waals surface area contributed by atoms with Crippen LogP contribution in [0, 0.1) is 0 Å². The Bertz CT molecular complexity index is 490. The van der Waals surface area contributed by atoms with E-state index in [9.17, 15) is 4.79 Å². The second-order valence-corrected chi connectivity index (χ2v) is 5.44. The average molecular weight is 334 g/mol. The van der Waals surface area contributed by atoms with Crippen molar-refractivity contribution in [3.8, 4) is 0 Å². The number of fused-ring (bicyclic) bond motifs is 1. The number of aldehydes is 1. The van der Waals surface area contributed by atoms with Crippen LogP contribution in [0.1, 0.15) is 15.2 Å². The van der Waals surface area contributed by atoms with Crippen LogP contribution in [-0.2, 0) is 5.33 Å². The molecule has 0 bridgehead atoms. The van der Waals surface area contributed by atoms with Crippen LogP contribution in [0.5, 0.6) is 0 Å². The number of carbonyl (C=O) groups is 1. The van der Waals surface area contributed by atoms with Crippen molar-refractivity contribution < 1.29 is 4.79 Å². The Labute approximate surface area is 102 Å². The summed E-state index contributed by atoms with van der Waals surface area (Å²) in [5, 5.41) is 1.98. The van der Waals surface area contributed by atoms with E-state index in [-0.39, 0.29) is 0 Å². The van der Waals surface area contributed by atoms with E-state index in [1.54, 1.807) is 11.3 Å². The fraction of sp³-hybridized carbons (Fsp3) is 0.100. The third-order valence-electron chi connectivity index (χ3n) is 1.91. The monoisotopic (exact) mass is 332 g/mol. The summed E-state index contributed by atoms with van der Waals surface area (Å²) in [6.45, 7) is 0. The Morgan fingerprint density at radius 2 is 2.14 bits per heavy atom. The van der Waals surface area contributed by atoms with Crippen LogP contribution in [0.25, 0.3) is 10.1 Å². The van der Waals surface area contributed by atoms with Crippen molar-refractivity contribution in [3.63, 3.8) is 0 Å². The summed E-state index contributed by atoms with van der Waals surface area (Å²) in [4.78, 5) is 11.9. The smallest absolute Gasteiger partial charge is 0.150 e. The largest absolute Gasteiger partial charge is 0.298 e. The molecule has 0 amide bonds. The van der Waals surface area contributed by atoms with Gasteiger partial charge in [-0.1, -0.05) is 15.9 Å². The van der Waals surface area contributed by atoms with E-state index in [0.29, 0.717) is 5.56 Å². The van der Waals surface area contributed by atoms with Crippen LogP contribution in [0.2, 0.25) is 0 Å². The minimum atomic E-state index is 0.711. The molecule has 0 N–H and O–H groups in total. The number of benzene rings is 1. The van der Waals surface area contributed by atoms with Crippen molar-refractivity contribution in [1.82, 2.24) is 0 Å². The van der Waals surface area contributed by atoms with E-state index in [0.717, 1.165) is 21.5 Å². The van der Waals surface area contributed by atoms with Gasteiger partial charge in [0.15, 0.2) is 0 Å². The van der Waals surface area contributed by atoms with E-state index in [1.807, 2.05) is 12.1 Å². The molecule has 0 aliphatic rings. The molecular weight excluding hydrogens is 328 g/mol. The van der Waals surface area contributed by atoms with Crippen molar-refractivity contribution in [1.29, 1.82) is 0 Å². The van der Waals surface area contributed by atoms with Gasteiger partial charge in [0.1, 0.15) is 6.29 Å². The summed E-state index contributed by atoms with van der Waals surface area (Å²) >= 11 is 8.62. The first-order valence-electron chi connectivity index (χ1n) is 3.97. The zero-order chi connectivity index (χ0) is 10.1. The number of alkyl halides is 1. The van der Waals surface area contributed by atoms with Crippen LogP contribution in [0.3, 0.4) is 0 Å². The second-order valence-electron chi connectivity index (χ2n) is 2.89. The summed E-state index contributed by atoms with van der Waals surface area (Å²) in [5.41, 5.74) is 0.711. The summed E-state index contributed by atoms with van der Waals surface area (Å²) < 4.78 is 2.19. The zero-order valence-corrected chi connectivity index (χ0v) is 11.1. The predicted octanol–water partition coefficient (Wildman–Crippen LogP) is 4.37. The minimum absolute atomic E-state index is 0.711. The molecule has 0 aliphatic heterocycles. The number of hydrogen-bond donors (Lipinski definition) is 0. The predicted molar refractivity (Wildman–Crippen MR) is 67.5 cm³/mol. The van der Waals surface area contributed by atoms with E-state index >= 15 is 0 Å². The van der Waals surface area contributed by atoms with Crippen molar-refractivity contribution in [3.05, 3.63) is 33.1 Å². The van der Waals surface area contributed by atoms with E-state index in [4.69, 9.17) is 0 Å². The molecule has 4 heteroatoms. The number of thiophene rings is 1. The number of rotatable bonds is 2. The molecule has 0 saturated carbocycles. The molecule has 0 radical (unpaired) electrons. The van der Waals surface area contributed by atoms with Crippen LogP contribution in [0.15, 0.2) is 22.7 Å². The van der Waals surface area contributed by atoms with Gasteiger partial charge in [0.25, 0.3) is 0 Å².